The molecule has 0 spiro atoms. The van der Waals surface area contributed by atoms with Crippen molar-refractivity contribution in [1.82, 2.24) is 15.5 Å². The van der Waals surface area contributed by atoms with Gasteiger partial charge in [-0.3, -0.25) is 4.99 Å². The fourth-order valence-electron chi connectivity index (χ4n) is 3.00. The SMILES string of the molecule is C=CNC(/C=C(\CCC)c1cnnc(NCC(C)CC)c1)=NC(CC)CCCC. The molecule has 0 aliphatic carbocycles. The summed E-state index contributed by atoms with van der Waals surface area (Å²) in [7, 11) is 0. The standard InChI is InChI=1S/C24H41N5/c1-7-12-14-22(10-4)28-23(25-11-5)15-20(13-8-2)21-16-24(29-27-18-21)26-17-19(6)9-3/h11,15-16,18-19,22H,5,7-10,12-14,17H2,1-4,6H3,(H,25,28)(H,26,29)/b20-15+. The van der Waals surface area contributed by atoms with Crippen LogP contribution in [0.25, 0.3) is 5.57 Å². The summed E-state index contributed by atoms with van der Waals surface area (Å²) in [5.41, 5.74) is 2.31. The number of nitrogens with zero attached hydrogens (tertiary/aromatic N) is 3. The van der Waals surface area contributed by atoms with Gasteiger partial charge in [0.05, 0.1) is 12.2 Å². The number of aromatic nitrogens is 2. The molecular weight excluding hydrogens is 358 g/mol. The molecule has 1 aromatic rings. The first-order valence-corrected chi connectivity index (χ1v) is 11.3. The lowest BCUT2D eigenvalue weighted by Gasteiger charge is -2.14. The fraction of sp³-hybridized carbons (Fsp3) is 0.625. The van der Waals surface area contributed by atoms with E-state index >= 15 is 0 Å². The van der Waals surface area contributed by atoms with Crippen LogP contribution in [0.4, 0.5) is 5.82 Å². The maximum Gasteiger partial charge on any atom is 0.149 e. The third-order valence-electron chi connectivity index (χ3n) is 5.12. The minimum Gasteiger partial charge on any atom is -0.368 e. The van der Waals surface area contributed by atoms with E-state index in [0.29, 0.717) is 12.0 Å². The van der Waals surface area contributed by atoms with Crippen LogP contribution in [0.1, 0.15) is 85.1 Å². The fourth-order valence-corrected chi connectivity index (χ4v) is 3.00. The van der Waals surface area contributed by atoms with E-state index in [1.165, 1.54) is 18.4 Å². The first-order chi connectivity index (χ1) is 14.1. The van der Waals surface area contributed by atoms with Gasteiger partial charge in [0, 0.05) is 12.1 Å². The monoisotopic (exact) mass is 399 g/mol. The highest BCUT2D eigenvalue weighted by Crippen LogP contribution is 2.21. The summed E-state index contributed by atoms with van der Waals surface area (Å²) < 4.78 is 0. The van der Waals surface area contributed by atoms with Gasteiger partial charge in [0.15, 0.2) is 0 Å². The van der Waals surface area contributed by atoms with Crippen molar-refractivity contribution < 1.29 is 0 Å². The van der Waals surface area contributed by atoms with Crippen LogP contribution < -0.4 is 10.6 Å². The van der Waals surface area contributed by atoms with Gasteiger partial charge in [0.1, 0.15) is 11.7 Å². The average Bonchev–Trinajstić information content (AvgIpc) is 2.74. The maximum atomic E-state index is 4.97. The molecule has 0 aliphatic rings. The number of anilines is 1. The van der Waals surface area contributed by atoms with Gasteiger partial charge < -0.3 is 10.6 Å². The normalized spacial score (nSPS) is 14.4. The third kappa shape index (κ3) is 9.73. The molecule has 2 N–H and O–H groups in total. The van der Waals surface area contributed by atoms with E-state index in [2.05, 4.69) is 74.2 Å². The molecule has 0 saturated carbocycles. The Bertz CT molecular complexity index is 650. The van der Waals surface area contributed by atoms with Gasteiger partial charge >= 0.3 is 0 Å². The molecule has 0 aliphatic heterocycles. The lowest BCUT2D eigenvalue weighted by atomic mass is 10.0. The topological polar surface area (TPSA) is 62.2 Å². The molecule has 0 radical (unpaired) electrons. The summed E-state index contributed by atoms with van der Waals surface area (Å²) in [5, 5.41) is 15.1. The second kappa shape index (κ2) is 14.8. The van der Waals surface area contributed by atoms with Crippen LogP contribution in [0, 0.1) is 5.92 Å². The Morgan fingerprint density at radius 2 is 2.00 bits per heavy atom. The molecule has 1 heterocycles. The van der Waals surface area contributed by atoms with Crippen molar-refractivity contribution in [2.75, 3.05) is 11.9 Å². The molecule has 29 heavy (non-hydrogen) atoms. The molecular formula is C24H41N5. The van der Waals surface area contributed by atoms with Gasteiger partial charge in [-0.05, 0) is 49.1 Å². The van der Waals surface area contributed by atoms with E-state index in [-0.39, 0.29) is 0 Å². The number of unbranched alkanes of at least 4 members (excludes halogenated alkanes) is 1. The number of nitrogens with one attached hydrogen (secondary N) is 2. The molecule has 5 nitrogen and oxygen atoms in total. The predicted octanol–water partition coefficient (Wildman–Crippen LogP) is 6.22. The van der Waals surface area contributed by atoms with Crippen molar-refractivity contribution in [1.29, 1.82) is 0 Å². The van der Waals surface area contributed by atoms with Crippen LogP contribution in [0.3, 0.4) is 0 Å². The van der Waals surface area contributed by atoms with Crippen LogP contribution in [0.15, 0.2) is 36.1 Å². The van der Waals surface area contributed by atoms with Crippen molar-refractivity contribution in [3.8, 4) is 0 Å². The van der Waals surface area contributed by atoms with Gasteiger partial charge in [0.25, 0.3) is 0 Å². The summed E-state index contributed by atoms with van der Waals surface area (Å²) in [5.74, 6) is 2.31. The number of aliphatic imine (C=N–C) groups is 1. The van der Waals surface area contributed by atoms with Crippen LogP contribution in [0.5, 0.6) is 0 Å². The number of amidine groups is 1. The molecule has 0 fully saturated rings. The van der Waals surface area contributed by atoms with Crippen molar-refractivity contribution in [2.45, 2.75) is 85.6 Å². The molecule has 2 unspecified atom stereocenters. The molecule has 162 valence electrons. The minimum atomic E-state index is 0.333. The molecule has 0 bridgehead atoms. The summed E-state index contributed by atoms with van der Waals surface area (Å²) in [6.45, 7) is 15.8. The highest BCUT2D eigenvalue weighted by atomic mass is 15.2. The lowest BCUT2D eigenvalue weighted by Crippen LogP contribution is -2.19. The van der Waals surface area contributed by atoms with Crippen molar-refractivity contribution in [2.24, 2.45) is 10.9 Å². The quantitative estimate of drug-likeness (QED) is 0.288. The van der Waals surface area contributed by atoms with Gasteiger partial charge in [-0.2, -0.15) is 5.10 Å². The minimum absolute atomic E-state index is 0.333. The molecule has 5 heteroatoms. The Morgan fingerprint density at radius 3 is 2.62 bits per heavy atom. The number of rotatable bonds is 14. The van der Waals surface area contributed by atoms with E-state index in [0.717, 1.165) is 55.9 Å². The van der Waals surface area contributed by atoms with E-state index in [1.807, 2.05) is 6.20 Å². The zero-order valence-corrected chi connectivity index (χ0v) is 19.2. The molecule has 0 saturated heterocycles. The maximum absolute atomic E-state index is 4.97. The van der Waals surface area contributed by atoms with E-state index in [1.54, 1.807) is 6.20 Å². The second-order valence-electron chi connectivity index (χ2n) is 7.71. The molecule has 0 amide bonds. The second-order valence-corrected chi connectivity index (χ2v) is 7.71. The van der Waals surface area contributed by atoms with E-state index in [9.17, 15) is 0 Å². The van der Waals surface area contributed by atoms with Crippen molar-refractivity contribution in [3.63, 3.8) is 0 Å². The van der Waals surface area contributed by atoms with Crippen molar-refractivity contribution in [3.05, 3.63) is 36.7 Å². The summed E-state index contributed by atoms with van der Waals surface area (Å²) >= 11 is 0. The number of hydrogen-bond acceptors (Lipinski definition) is 4. The summed E-state index contributed by atoms with van der Waals surface area (Å²) in [4.78, 5) is 4.97. The number of hydrogen-bond donors (Lipinski definition) is 2. The molecule has 2 atom stereocenters. The smallest absolute Gasteiger partial charge is 0.149 e. The predicted molar refractivity (Wildman–Crippen MR) is 127 cm³/mol. The number of allylic oxidation sites excluding steroid dienone is 1. The summed E-state index contributed by atoms with van der Waals surface area (Å²) in [6, 6.07) is 2.43. The van der Waals surface area contributed by atoms with Gasteiger partial charge in [0.2, 0.25) is 0 Å². The zero-order valence-electron chi connectivity index (χ0n) is 19.2. The first kappa shape index (κ1) is 24.9. The van der Waals surface area contributed by atoms with E-state index < -0.39 is 0 Å². The Kier molecular flexibility index (Phi) is 12.7. The Balaban J connectivity index is 3.13. The molecule has 0 aromatic carbocycles. The van der Waals surface area contributed by atoms with Gasteiger partial charge in [-0.1, -0.05) is 66.9 Å². The van der Waals surface area contributed by atoms with E-state index in [4.69, 9.17) is 4.99 Å². The average molecular weight is 400 g/mol. The molecule has 1 aromatic heterocycles. The Morgan fingerprint density at radius 1 is 1.21 bits per heavy atom. The molecule has 1 rings (SSSR count). The van der Waals surface area contributed by atoms with Crippen LogP contribution in [-0.4, -0.2) is 28.6 Å². The van der Waals surface area contributed by atoms with Gasteiger partial charge in [-0.15, -0.1) is 5.10 Å². The van der Waals surface area contributed by atoms with Gasteiger partial charge in [-0.25, -0.2) is 0 Å². The highest BCUT2D eigenvalue weighted by molar-refractivity contribution is 6.00. The highest BCUT2D eigenvalue weighted by Gasteiger charge is 2.09. The third-order valence-corrected chi connectivity index (χ3v) is 5.12. The Hall–Kier alpha value is -2.17. The lowest BCUT2D eigenvalue weighted by molar-refractivity contribution is 0.564. The Labute approximate surface area is 178 Å². The largest absolute Gasteiger partial charge is 0.368 e. The van der Waals surface area contributed by atoms with Crippen molar-refractivity contribution >= 4 is 17.2 Å². The van der Waals surface area contributed by atoms with Crippen LogP contribution in [0.2, 0.25) is 0 Å². The first-order valence-electron chi connectivity index (χ1n) is 11.3. The van der Waals surface area contributed by atoms with Crippen LogP contribution in [-0.2, 0) is 0 Å². The summed E-state index contributed by atoms with van der Waals surface area (Å²) in [6.07, 6.45) is 13.4. The zero-order chi connectivity index (χ0) is 21.5. The van der Waals surface area contributed by atoms with Crippen LogP contribution >= 0.6 is 0 Å².